The number of carbonyl (C=O) groups excluding carboxylic acids is 1. The third-order valence-corrected chi connectivity index (χ3v) is 3.94. The summed E-state index contributed by atoms with van der Waals surface area (Å²) in [4.78, 5) is 15.9. The number of hydrogen-bond donors (Lipinski definition) is 3. The second-order valence-corrected chi connectivity index (χ2v) is 5.93. The number of ether oxygens (including phenoxy) is 1. The van der Waals surface area contributed by atoms with E-state index < -0.39 is 0 Å². The molecule has 1 aromatic carbocycles. The van der Waals surface area contributed by atoms with Gasteiger partial charge in [-0.3, -0.25) is 4.79 Å². The fourth-order valence-corrected chi connectivity index (χ4v) is 2.43. The van der Waals surface area contributed by atoms with Crippen molar-refractivity contribution in [3.05, 3.63) is 23.8 Å². The number of anilines is 1. The quantitative estimate of drug-likeness (QED) is 0.407. The SMILES string of the molecule is CCNC(=NCCOc1ccc2c(c1)CCC(=O)N2)NC(C)CC. The van der Waals surface area contributed by atoms with Crippen LogP contribution in [0.4, 0.5) is 5.69 Å². The van der Waals surface area contributed by atoms with Crippen LogP contribution in [0.15, 0.2) is 23.2 Å². The van der Waals surface area contributed by atoms with E-state index in [1.54, 1.807) is 0 Å². The summed E-state index contributed by atoms with van der Waals surface area (Å²) in [6.45, 7) is 8.26. The number of fused-ring (bicyclic) bond motifs is 1. The van der Waals surface area contributed by atoms with E-state index >= 15 is 0 Å². The first-order valence-electron chi connectivity index (χ1n) is 8.72. The average molecular weight is 332 g/mol. The highest BCUT2D eigenvalue weighted by molar-refractivity contribution is 5.94. The van der Waals surface area contributed by atoms with Crippen LogP contribution in [0.2, 0.25) is 0 Å². The zero-order valence-corrected chi connectivity index (χ0v) is 14.8. The minimum atomic E-state index is 0.0790. The van der Waals surface area contributed by atoms with Crippen molar-refractivity contribution in [2.24, 2.45) is 4.99 Å². The highest BCUT2D eigenvalue weighted by Gasteiger charge is 2.14. The molecule has 0 saturated heterocycles. The van der Waals surface area contributed by atoms with E-state index in [0.717, 1.165) is 42.3 Å². The molecule has 1 aliphatic rings. The molecule has 1 atom stereocenters. The molecule has 0 bridgehead atoms. The summed E-state index contributed by atoms with van der Waals surface area (Å²) in [5.41, 5.74) is 2.02. The first-order chi connectivity index (χ1) is 11.6. The molecule has 132 valence electrons. The van der Waals surface area contributed by atoms with Crippen LogP contribution >= 0.6 is 0 Å². The number of carbonyl (C=O) groups is 1. The molecule has 0 fully saturated rings. The summed E-state index contributed by atoms with van der Waals surface area (Å²) in [6, 6.07) is 6.18. The Bertz CT molecular complexity index is 586. The van der Waals surface area contributed by atoms with Gasteiger partial charge in [0.15, 0.2) is 5.96 Å². The number of aliphatic imine (C=N–C) groups is 1. The number of guanidine groups is 1. The van der Waals surface area contributed by atoms with Crippen LogP contribution in [-0.2, 0) is 11.2 Å². The van der Waals surface area contributed by atoms with Crippen molar-refractivity contribution in [1.29, 1.82) is 0 Å². The van der Waals surface area contributed by atoms with Gasteiger partial charge in [-0.15, -0.1) is 0 Å². The predicted molar refractivity (Wildman–Crippen MR) is 97.8 cm³/mol. The topological polar surface area (TPSA) is 74.8 Å². The van der Waals surface area contributed by atoms with E-state index in [1.165, 1.54) is 0 Å². The van der Waals surface area contributed by atoms with E-state index in [4.69, 9.17) is 4.74 Å². The molecular weight excluding hydrogens is 304 g/mol. The molecule has 0 radical (unpaired) electrons. The second kappa shape index (κ2) is 9.15. The van der Waals surface area contributed by atoms with Crippen molar-refractivity contribution in [2.75, 3.05) is 25.0 Å². The number of benzene rings is 1. The van der Waals surface area contributed by atoms with Crippen molar-refractivity contribution >= 4 is 17.6 Å². The van der Waals surface area contributed by atoms with Gasteiger partial charge in [0.2, 0.25) is 5.91 Å². The van der Waals surface area contributed by atoms with Crippen molar-refractivity contribution in [2.45, 2.75) is 46.1 Å². The largest absolute Gasteiger partial charge is 0.492 e. The molecule has 0 aliphatic carbocycles. The van der Waals surface area contributed by atoms with E-state index in [0.29, 0.717) is 25.6 Å². The Morgan fingerprint density at radius 1 is 1.38 bits per heavy atom. The zero-order valence-electron chi connectivity index (χ0n) is 14.8. The first-order valence-corrected chi connectivity index (χ1v) is 8.72. The second-order valence-electron chi connectivity index (χ2n) is 5.93. The molecular formula is C18H28N4O2. The van der Waals surface area contributed by atoms with Crippen LogP contribution in [0.1, 0.15) is 39.2 Å². The molecule has 3 N–H and O–H groups in total. The summed E-state index contributed by atoms with van der Waals surface area (Å²) < 4.78 is 5.78. The molecule has 24 heavy (non-hydrogen) atoms. The van der Waals surface area contributed by atoms with Gasteiger partial charge in [0, 0.05) is 24.7 Å². The van der Waals surface area contributed by atoms with Gasteiger partial charge in [0.1, 0.15) is 12.4 Å². The van der Waals surface area contributed by atoms with Gasteiger partial charge in [-0.1, -0.05) is 6.92 Å². The van der Waals surface area contributed by atoms with Crippen molar-refractivity contribution in [1.82, 2.24) is 10.6 Å². The van der Waals surface area contributed by atoms with Gasteiger partial charge >= 0.3 is 0 Å². The summed E-state index contributed by atoms with van der Waals surface area (Å²) in [6.07, 6.45) is 2.35. The van der Waals surface area contributed by atoms with Gasteiger partial charge in [-0.25, -0.2) is 4.99 Å². The van der Waals surface area contributed by atoms with Crippen LogP contribution in [0.5, 0.6) is 5.75 Å². The maximum atomic E-state index is 11.4. The van der Waals surface area contributed by atoms with Gasteiger partial charge in [0.05, 0.1) is 6.54 Å². The Balaban J connectivity index is 1.84. The number of aryl methyl sites for hydroxylation is 1. The van der Waals surface area contributed by atoms with E-state index in [-0.39, 0.29) is 5.91 Å². The molecule has 1 aliphatic heterocycles. The summed E-state index contributed by atoms with van der Waals surface area (Å²) in [5.74, 6) is 1.72. The molecule has 1 unspecified atom stereocenters. The Labute approximate surface area is 144 Å². The van der Waals surface area contributed by atoms with Gasteiger partial charge < -0.3 is 20.7 Å². The van der Waals surface area contributed by atoms with Crippen LogP contribution < -0.4 is 20.7 Å². The molecule has 2 rings (SSSR count). The van der Waals surface area contributed by atoms with Gasteiger partial charge in [-0.2, -0.15) is 0 Å². The van der Waals surface area contributed by atoms with Gasteiger partial charge in [-0.05, 0) is 50.5 Å². The monoisotopic (exact) mass is 332 g/mol. The van der Waals surface area contributed by atoms with Crippen molar-refractivity contribution in [3.63, 3.8) is 0 Å². The fourth-order valence-electron chi connectivity index (χ4n) is 2.43. The molecule has 1 aromatic rings. The standard InChI is InChI=1S/C18H28N4O2/c1-4-13(3)21-18(19-5-2)20-10-11-24-15-7-8-16-14(12-15)6-9-17(23)22-16/h7-8,12-13H,4-6,9-11H2,1-3H3,(H,22,23)(H2,19,20,21). The summed E-state index contributed by atoms with van der Waals surface area (Å²) in [5, 5.41) is 9.46. The first kappa shape index (κ1) is 18.1. The molecule has 0 saturated carbocycles. The molecule has 0 spiro atoms. The number of amides is 1. The predicted octanol–water partition coefficient (Wildman–Crippen LogP) is 2.30. The Morgan fingerprint density at radius 2 is 2.21 bits per heavy atom. The highest BCUT2D eigenvalue weighted by atomic mass is 16.5. The van der Waals surface area contributed by atoms with Crippen molar-refractivity contribution < 1.29 is 9.53 Å². The Morgan fingerprint density at radius 3 is 2.96 bits per heavy atom. The fraction of sp³-hybridized carbons (Fsp3) is 0.556. The lowest BCUT2D eigenvalue weighted by molar-refractivity contribution is -0.116. The smallest absolute Gasteiger partial charge is 0.224 e. The van der Waals surface area contributed by atoms with Gasteiger partial charge in [0.25, 0.3) is 0 Å². The minimum absolute atomic E-state index is 0.0790. The molecule has 6 nitrogen and oxygen atoms in total. The van der Waals surface area contributed by atoms with Crippen LogP contribution in [0.3, 0.4) is 0 Å². The third-order valence-electron chi connectivity index (χ3n) is 3.94. The number of hydrogen-bond acceptors (Lipinski definition) is 3. The van der Waals surface area contributed by atoms with E-state index in [1.807, 2.05) is 18.2 Å². The Kier molecular flexibility index (Phi) is 6.90. The van der Waals surface area contributed by atoms with E-state index in [9.17, 15) is 4.79 Å². The maximum absolute atomic E-state index is 11.4. The molecule has 0 aromatic heterocycles. The Hall–Kier alpha value is -2.24. The third kappa shape index (κ3) is 5.44. The van der Waals surface area contributed by atoms with Crippen LogP contribution in [-0.4, -0.2) is 37.6 Å². The molecule has 1 heterocycles. The highest BCUT2D eigenvalue weighted by Crippen LogP contribution is 2.26. The van der Waals surface area contributed by atoms with Crippen LogP contribution in [0.25, 0.3) is 0 Å². The molecule has 1 amide bonds. The lowest BCUT2D eigenvalue weighted by atomic mass is 10.0. The maximum Gasteiger partial charge on any atom is 0.224 e. The summed E-state index contributed by atoms with van der Waals surface area (Å²) in [7, 11) is 0. The van der Waals surface area contributed by atoms with E-state index in [2.05, 4.69) is 41.7 Å². The lowest BCUT2D eigenvalue weighted by Crippen LogP contribution is -2.42. The summed E-state index contributed by atoms with van der Waals surface area (Å²) >= 11 is 0. The van der Waals surface area contributed by atoms with Crippen molar-refractivity contribution in [3.8, 4) is 5.75 Å². The zero-order chi connectivity index (χ0) is 17.4. The molecule has 6 heteroatoms. The average Bonchev–Trinajstić information content (AvgIpc) is 2.58. The number of nitrogens with zero attached hydrogens (tertiary/aromatic N) is 1. The lowest BCUT2D eigenvalue weighted by Gasteiger charge is -2.18. The normalized spacial score (nSPS) is 15.3. The number of rotatable bonds is 7. The van der Waals surface area contributed by atoms with Crippen LogP contribution in [0, 0.1) is 0 Å². The number of nitrogens with one attached hydrogen (secondary N) is 3. The minimum Gasteiger partial charge on any atom is -0.492 e.